The minimum Gasteiger partial charge on any atom is -0.352 e. The Hall–Kier alpha value is -1.42. The average molecular weight is 263 g/mol. The van der Waals surface area contributed by atoms with Gasteiger partial charge in [-0.3, -0.25) is 9.78 Å². The first-order chi connectivity index (χ1) is 9.17. The van der Waals surface area contributed by atoms with Crippen LogP contribution < -0.4 is 10.6 Å². The third-order valence-corrected chi connectivity index (χ3v) is 3.34. The van der Waals surface area contributed by atoms with E-state index >= 15 is 0 Å². The zero-order valence-corrected chi connectivity index (χ0v) is 12.1. The van der Waals surface area contributed by atoms with E-state index in [1.54, 1.807) is 12.4 Å². The highest BCUT2D eigenvalue weighted by Crippen LogP contribution is 1.98. The van der Waals surface area contributed by atoms with E-state index in [1.807, 2.05) is 19.1 Å². The van der Waals surface area contributed by atoms with Crippen molar-refractivity contribution >= 4 is 5.91 Å². The number of amides is 1. The minimum absolute atomic E-state index is 0.0865. The first-order valence-electron chi connectivity index (χ1n) is 7.10. The molecular weight excluding hydrogens is 238 g/mol. The molecule has 0 fully saturated rings. The summed E-state index contributed by atoms with van der Waals surface area (Å²) in [5.41, 5.74) is 1.23. The molecule has 1 amide bonds. The van der Waals surface area contributed by atoms with Crippen LogP contribution in [0.4, 0.5) is 0 Å². The van der Waals surface area contributed by atoms with Crippen LogP contribution in [0.1, 0.15) is 39.2 Å². The van der Waals surface area contributed by atoms with Crippen LogP contribution in [0.3, 0.4) is 0 Å². The second kappa shape index (κ2) is 8.64. The van der Waals surface area contributed by atoms with Gasteiger partial charge in [-0.2, -0.15) is 0 Å². The lowest BCUT2D eigenvalue weighted by atomic mass is 10.1. The topological polar surface area (TPSA) is 54.0 Å². The van der Waals surface area contributed by atoms with Crippen LogP contribution in [0.2, 0.25) is 0 Å². The maximum absolute atomic E-state index is 11.9. The highest BCUT2D eigenvalue weighted by molar-refractivity contribution is 5.81. The molecule has 1 unspecified atom stereocenters. The van der Waals surface area contributed by atoms with Gasteiger partial charge in [0.25, 0.3) is 0 Å². The molecule has 1 atom stereocenters. The van der Waals surface area contributed by atoms with Gasteiger partial charge in [0.1, 0.15) is 0 Å². The molecule has 106 valence electrons. The first kappa shape index (κ1) is 15.6. The van der Waals surface area contributed by atoms with E-state index in [0.717, 1.165) is 25.8 Å². The van der Waals surface area contributed by atoms with E-state index in [2.05, 4.69) is 29.5 Å². The standard InChI is InChI=1S/C15H25N3O/c1-4-14(5-2)18-15(19)12(3)17-11-8-13-6-9-16-10-7-13/h6-7,9-10,12,14,17H,4-5,8,11H2,1-3H3,(H,18,19). The molecule has 1 rings (SSSR count). The highest BCUT2D eigenvalue weighted by Gasteiger charge is 2.14. The highest BCUT2D eigenvalue weighted by atomic mass is 16.2. The van der Waals surface area contributed by atoms with Gasteiger partial charge in [0.2, 0.25) is 5.91 Å². The molecule has 0 aliphatic carbocycles. The Morgan fingerprint density at radius 1 is 1.26 bits per heavy atom. The lowest BCUT2D eigenvalue weighted by Gasteiger charge is -2.19. The summed E-state index contributed by atoms with van der Waals surface area (Å²) in [4.78, 5) is 15.9. The number of hydrogen-bond donors (Lipinski definition) is 2. The summed E-state index contributed by atoms with van der Waals surface area (Å²) in [6.07, 6.45) is 6.44. The first-order valence-corrected chi connectivity index (χ1v) is 7.10. The van der Waals surface area contributed by atoms with Crippen LogP contribution in [0.25, 0.3) is 0 Å². The average Bonchev–Trinajstić information content (AvgIpc) is 2.45. The van der Waals surface area contributed by atoms with Gasteiger partial charge in [-0.1, -0.05) is 13.8 Å². The van der Waals surface area contributed by atoms with Gasteiger partial charge < -0.3 is 10.6 Å². The number of aromatic nitrogens is 1. The van der Waals surface area contributed by atoms with Crippen molar-refractivity contribution in [1.29, 1.82) is 0 Å². The fourth-order valence-corrected chi connectivity index (χ4v) is 1.89. The molecule has 4 heteroatoms. The summed E-state index contributed by atoms with van der Waals surface area (Å²) in [6.45, 7) is 6.89. The molecule has 0 radical (unpaired) electrons. The van der Waals surface area contributed by atoms with Crippen molar-refractivity contribution in [3.8, 4) is 0 Å². The summed E-state index contributed by atoms with van der Waals surface area (Å²) in [7, 11) is 0. The molecule has 0 bridgehead atoms. The minimum atomic E-state index is -0.151. The summed E-state index contributed by atoms with van der Waals surface area (Å²) in [6, 6.07) is 4.13. The molecule has 0 aliphatic rings. The van der Waals surface area contributed by atoms with Crippen molar-refractivity contribution in [2.45, 2.75) is 52.1 Å². The predicted molar refractivity (Wildman–Crippen MR) is 77.9 cm³/mol. The Kier molecular flexibility index (Phi) is 7.11. The Morgan fingerprint density at radius 3 is 2.47 bits per heavy atom. The molecule has 0 saturated carbocycles. The van der Waals surface area contributed by atoms with Crippen molar-refractivity contribution in [1.82, 2.24) is 15.6 Å². The molecular formula is C15H25N3O. The lowest BCUT2D eigenvalue weighted by molar-refractivity contribution is -0.123. The van der Waals surface area contributed by atoms with Gasteiger partial charge in [0.15, 0.2) is 0 Å². The van der Waals surface area contributed by atoms with Gasteiger partial charge in [-0.25, -0.2) is 0 Å². The van der Waals surface area contributed by atoms with E-state index in [-0.39, 0.29) is 18.0 Å². The smallest absolute Gasteiger partial charge is 0.237 e. The van der Waals surface area contributed by atoms with E-state index in [1.165, 1.54) is 5.56 Å². The normalized spacial score (nSPS) is 12.4. The third kappa shape index (κ3) is 5.83. The Balaban J connectivity index is 2.27. The molecule has 1 heterocycles. The molecule has 19 heavy (non-hydrogen) atoms. The van der Waals surface area contributed by atoms with Crippen LogP contribution in [0.5, 0.6) is 0 Å². The Labute approximate surface area is 116 Å². The summed E-state index contributed by atoms with van der Waals surface area (Å²) in [5, 5.41) is 6.31. The van der Waals surface area contributed by atoms with E-state index in [9.17, 15) is 4.79 Å². The van der Waals surface area contributed by atoms with Crippen molar-refractivity contribution in [3.05, 3.63) is 30.1 Å². The van der Waals surface area contributed by atoms with Crippen molar-refractivity contribution in [2.75, 3.05) is 6.54 Å². The molecule has 4 nitrogen and oxygen atoms in total. The second-order valence-electron chi connectivity index (χ2n) is 4.80. The maximum Gasteiger partial charge on any atom is 0.237 e. The fraction of sp³-hybridized carbons (Fsp3) is 0.600. The van der Waals surface area contributed by atoms with Gasteiger partial charge in [0.05, 0.1) is 6.04 Å². The number of pyridine rings is 1. The summed E-state index contributed by atoms with van der Waals surface area (Å²) in [5.74, 6) is 0.0865. The van der Waals surface area contributed by atoms with Gasteiger partial charge in [-0.05, 0) is 50.4 Å². The van der Waals surface area contributed by atoms with Crippen molar-refractivity contribution < 1.29 is 4.79 Å². The molecule has 0 aromatic carbocycles. The molecule has 0 saturated heterocycles. The van der Waals surface area contributed by atoms with Gasteiger partial charge in [-0.15, -0.1) is 0 Å². The lowest BCUT2D eigenvalue weighted by Crippen LogP contribution is -2.46. The van der Waals surface area contributed by atoms with Gasteiger partial charge >= 0.3 is 0 Å². The molecule has 2 N–H and O–H groups in total. The van der Waals surface area contributed by atoms with E-state index < -0.39 is 0 Å². The number of rotatable bonds is 8. The van der Waals surface area contributed by atoms with Crippen molar-refractivity contribution in [3.63, 3.8) is 0 Å². The number of carbonyl (C=O) groups excluding carboxylic acids is 1. The van der Waals surface area contributed by atoms with Crippen LogP contribution in [0, 0.1) is 0 Å². The largest absolute Gasteiger partial charge is 0.352 e. The molecule has 1 aromatic rings. The zero-order chi connectivity index (χ0) is 14.1. The molecule has 0 spiro atoms. The van der Waals surface area contributed by atoms with Crippen LogP contribution >= 0.6 is 0 Å². The SMILES string of the molecule is CCC(CC)NC(=O)C(C)NCCc1ccncc1. The van der Waals surface area contributed by atoms with Crippen LogP contribution in [-0.2, 0) is 11.2 Å². The third-order valence-electron chi connectivity index (χ3n) is 3.34. The van der Waals surface area contributed by atoms with Crippen LogP contribution in [0.15, 0.2) is 24.5 Å². The number of nitrogens with zero attached hydrogens (tertiary/aromatic N) is 1. The predicted octanol–water partition coefficient (Wildman–Crippen LogP) is 1.91. The van der Waals surface area contributed by atoms with Crippen molar-refractivity contribution in [2.24, 2.45) is 0 Å². The number of carbonyl (C=O) groups is 1. The monoisotopic (exact) mass is 263 g/mol. The summed E-state index contributed by atoms with van der Waals surface area (Å²) < 4.78 is 0. The molecule has 0 aliphatic heterocycles. The molecule has 1 aromatic heterocycles. The Morgan fingerprint density at radius 2 is 1.89 bits per heavy atom. The van der Waals surface area contributed by atoms with Crippen LogP contribution in [-0.4, -0.2) is 29.5 Å². The fourth-order valence-electron chi connectivity index (χ4n) is 1.89. The zero-order valence-electron chi connectivity index (χ0n) is 12.1. The number of hydrogen-bond acceptors (Lipinski definition) is 3. The van der Waals surface area contributed by atoms with E-state index in [4.69, 9.17) is 0 Å². The quantitative estimate of drug-likeness (QED) is 0.753. The second-order valence-corrected chi connectivity index (χ2v) is 4.80. The number of nitrogens with one attached hydrogen (secondary N) is 2. The van der Waals surface area contributed by atoms with Gasteiger partial charge in [0, 0.05) is 18.4 Å². The summed E-state index contributed by atoms with van der Waals surface area (Å²) >= 11 is 0. The maximum atomic E-state index is 11.9. The Bertz CT molecular complexity index is 363. The van der Waals surface area contributed by atoms with E-state index in [0.29, 0.717) is 0 Å².